The lowest BCUT2D eigenvalue weighted by Crippen LogP contribution is -2.20. The number of hydrogen-bond donors (Lipinski definition) is 1. The zero-order chi connectivity index (χ0) is 24.2. The minimum atomic E-state index is -0.196. The molecule has 1 amide bonds. The van der Waals surface area contributed by atoms with Gasteiger partial charge in [-0.2, -0.15) is 5.10 Å². The van der Waals surface area contributed by atoms with Gasteiger partial charge in [-0.15, -0.1) is 10.2 Å². The number of hydrazone groups is 1. The Morgan fingerprint density at radius 1 is 0.971 bits per heavy atom. The van der Waals surface area contributed by atoms with Crippen molar-refractivity contribution in [2.45, 2.75) is 25.5 Å². The molecule has 7 heteroatoms. The molecular formula is C28H25N5OS. The Hall–Kier alpha value is -3.97. The molecule has 0 aliphatic heterocycles. The Labute approximate surface area is 208 Å². The lowest BCUT2D eigenvalue weighted by Gasteiger charge is -2.08. The van der Waals surface area contributed by atoms with Gasteiger partial charge in [-0.3, -0.25) is 4.79 Å². The third-order valence-corrected chi connectivity index (χ3v) is 6.84. The molecule has 0 aliphatic carbocycles. The molecule has 0 radical (unpaired) electrons. The van der Waals surface area contributed by atoms with E-state index in [0.29, 0.717) is 11.7 Å². The number of aromatic nitrogens is 3. The van der Waals surface area contributed by atoms with Gasteiger partial charge in [-0.05, 0) is 41.5 Å². The first kappa shape index (κ1) is 22.8. The molecule has 4 aromatic carbocycles. The zero-order valence-corrected chi connectivity index (χ0v) is 20.4. The minimum Gasteiger partial charge on any atom is -0.302 e. The Morgan fingerprint density at radius 3 is 2.29 bits per heavy atom. The quantitative estimate of drug-likeness (QED) is 0.138. The second kappa shape index (κ2) is 10.1. The van der Waals surface area contributed by atoms with Gasteiger partial charge in [0.05, 0.1) is 12.0 Å². The summed E-state index contributed by atoms with van der Waals surface area (Å²) in [6, 6.07) is 26.8. The van der Waals surface area contributed by atoms with Crippen LogP contribution in [0.2, 0.25) is 0 Å². The summed E-state index contributed by atoms with van der Waals surface area (Å²) in [7, 11) is 0. The molecule has 0 spiro atoms. The molecule has 5 rings (SSSR count). The van der Waals surface area contributed by atoms with E-state index in [-0.39, 0.29) is 11.7 Å². The molecular weight excluding hydrogens is 454 g/mol. The molecule has 1 heterocycles. The normalized spacial score (nSPS) is 11.5. The lowest BCUT2D eigenvalue weighted by atomic mass is 9.97. The van der Waals surface area contributed by atoms with Crippen molar-refractivity contribution >= 4 is 45.4 Å². The van der Waals surface area contributed by atoms with E-state index in [1.807, 2.05) is 47.9 Å². The van der Waals surface area contributed by atoms with Gasteiger partial charge in [0.15, 0.2) is 11.0 Å². The van der Waals surface area contributed by atoms with Crippen molar-refractivity contribution < 1.29 is 4.79 Å². The SMILES string of the molecule is CCn1c(SCC(=O)N/N=C/c2c3ccccc3cc3ccccc23)nnc1-c1ccc(C)cc1. The van der Waals surface area contributed by atoms with Crippen LogP contribution in [0.15, 0.2) is 89.1 Å². The summed E-state index contributed by atoms with van der Waals surface area (Å²) in [4.78, 5) is 12.5. The van der Waals surface area contributed by atoms with Crippen molar-refractivity contribution in [1.29, 1.82) is 0 Å². The first-order valence-corrected chi connectivity index (χ1v) is 12.5. The monoisotopic (exact) mass is 479 g/mol. The van der Waals surface area contributed by atoms with Gasteiger partial charge >= 0.3 is 0 Å². The number of benzene rings is 4. The average Bonchev–Trinajstić information content (AvgIpc) is 3.30. The Balaban J connectivity index is 1.29. The van der Waals surface area contributed by atoms with E-state index in [4.69, 9.17) is 0 Å². The number of thioether (sulfide) groups is 1. The third kappa shape index (κ3) is 4.81. The highest BCUT2D eigenvalue weighted by molar-refractivity contribution is 7.99. The van der Waals surface area contributed by atoms with E-state index < -0.39 is 0 Å². The van der Waals surface area contributed by atoms with Crippen LogP contribution >= 0.6 is 11.8 Å². The maximum absolute atomic E-state index is 12.5. The van der Waals surface area contributed by atoms with Crippen molar-refractivity contribution in [2.75, 3.05) is 5.75 Å². The van der Waals surface area contributed by atoms with E-state index in [1.165, 1.54) is 17.3 Å². The molecule has 35 heavy (non-hydrogen) atoms. The van der Waals surface area contributed by atoms with E-state index in [2.05, 4.69) is 70.1 Å². The molecule has 0 fully saturated rings. The predicted octanol–water partition coefficient (Wildman–Crippen LogP) is 5.82. The minimum absolute atomic E-state index is 0.194. The summed E-state index contributed by atoms with van der Waals surface area (Å²) in [6.07, 6.45) is 1.73. The van der Waals surface area contributed by atoms with Crippen molar-refractivity contribution in [3.05, 3.63) is 90.0 Å². The molecule has 0 unspecified atom stereocenters. The topological polar surface area (TPSA) is 72.2 Å². The second-order valence-electron chi connectivity index (χ2n) is 8.23. The number of fused-ring (bicyclic) bond motifs is 2. The maximum Gasteiger partial charge on any atom is 0.250 e. The first-order chi connectivity index (χ1) is 17.1. The van der Waals surface area contributed by atoms with Crippen LogP contribution in [0.3, 0.4) is 0 Å². The van der Waals surface area contributed by atoms with Crippen molar-refractivity contribution in [3.8, 4) is 11.4 Å². The number of nitrogens with one attached hydrogen (secondary N) is 1. The van der Waals surface area contributed by atoms with E-state index in [0.717, 1.165) is 38.5 Å². The summed E-state index contributed by atoms with van der Waals surface area (Å²) in [5.41, 5.74) is 5.85. The number of nitrogens with zero attached hydrogens (tertiary/aromatic N) is 4. The fourth-order valence-electron chi connectivity index (χ4n) is 4.12. The fraction of sp³-hybridized carbons (Fsp3) is 0.143. The molecule has 1 aromatic heterocycles. The largest absolute Gasteiger partial charge is 0.302 e. The lowest BCUT2D eigenvalue weighted by molar-refractivity contribution is -0.118. The van der Waals surface area contributed by atoms with Crippen molar-refractivity contribution in [3.63, 3.8) is 0 Å². The number of rotatable bonds is 7. The van der Waals surface area contributed by atoms with Gasteiger partial charge in [0.1, 0.15) is 0 Å². The summed E-state index contributed by atoms with van der Waals surface area (Å²) < 4.78 is 2.02. The number of carbonyl (C=O) groups is 1. The average molecular weight is 480 g/mol. The summed E-state index contributed by atoms with van der Waals surface area (Å²) >= 11 is 1.35. The van der Waals surface area contributed by atoms with Crippen molar-refractivity contribution in [1.82, 2.24) is 20.2 Å². The highest BCUT2D eigenvalue weighted by Crippen LogP contribution is 2.27. The number of carbonyl (C=O) groups excluding carboxylic acids is 1. The van der Waals surface area contributed by atoms with Crippen molar-refractivity contribution in [2.24, 2.45) is 5.10 Å². The molecule has 0 bridgehead atoms. The van der Waals surface area contributed by atoms with Gasteiger partial charge in [0, 0.05) is 17.7 Å². The highest BCUT2D eigenvalue weighted by atomic mass is 32.2. The molecule has 0 aliphatic rings. The summed E-state index contributed by atoms with van der Waals surface area (Å²) in [5, 5.41) is 18.1. The van der Waals surface area contributed by atoms with Gasteiger partial charge in [-0.1, -0.05) is 90.1 Å². The molecule has 0 saturated heterocycles. The number of amides is 1. The maximum atomic E-state index is 12.5. The fourth-order valence-corrected chi connectivity index (χ4v) is 4.91. The van der Waals surface area contributed by atoms with Crippen LogP contribution in [0.1, 0.15) is 18.1 Å². The molecule has 6 nitrogen and oxygen atoms in total. The van der Waals surface area contributed by atoms with Crippen LogP contribution in [-0.2, 0) is 11.3 Å². The van der Waals surface area contributed by atoms with Crippen LogP contribution in [0.5, 0.6) is 0 Å². The van der Waals surface area contributed by atoms with Crippen LogP contribution < -0.4 is 5.43 Å². The van der Waals surface area contributed by atoms with Gasteiger partial charge in [0.25, 0.3) is 5.91 Å². The number of aryl methyl sites for hydroxylation is 1. The summed E-state index contributed by atoms with van der Waals surface area (Å²) in [5.74, 6) is 0.800. The molecule has 174 valence electrons. The van der Waals surface area contributed by atoms with E-state index in [1.54, 1.807) is 6.21 Å². The summed E-state index contributed by atoms with van der Waals surface area (Å²) in [6.45, 7) is 4.82. The Morgan fingerprint density at radius 2 is 1.63 bits per heavy atom. The second-order valence-corrected chi connectivity index (χ2v) is 9.17. The third-order valence-electron chi connectivity index (χ3n) is 5.87. The Bertz CT molecular complexity index is 1480. The smallest absolute Gasteiger partial charge is 0.250 e. The van der Waals surface area contributed by atoms with Crippen LogP contribution in [-0.4, -0.2) is 32.6 Å². The zero-order valence-electron chi connectivity index (χ0n) is 19.6. The van der Waals surface area contributed by atoms with Crippen LogP contribution in [0.25, 0.3) is 32.9 Å². The van der Waals surface area contributed by atoms with E-state index in [9.17, 15) is 4.79 Å². The predicted molar refractivity (Wildman–Crippen MR) is 144 cm³/mol. The molecule has 5 aromatic rings. The van der Waals surface area contributed by atoms with Crippen LogP contribution in [0, 0.1) is 6.92 Å². The highest BCUT2D eigenvalue weighted by Gasteiger charge is 2.14. The van der Waals surface area contributed by atoms with E-state index >= 15 is 0 Å². The van der Waals surface area contributed by atoms with Gasteiger partial charge in [-0.25, -0.2) is 5.43 Å². The number of hydrogen-bond acceptors (Lipinski definition) is 5. The molecule has 0 atom stereocenters. The standard InChI is InChI=1S/C28H25N5OS/c1-3-33-27(20-14-12-19(2)13-15-20)31-32-28(33)35-18-26(34)30-29-17-25-23-10-6-4-8-21(23)16-22-9-5-7-11-24(22)25/h4-17H,3,18H2,1-2H3,(H,30,34)/b29-17+. The molecule has 0 saturated carbocycles. The van der Waals surface area contributed by atoms with Crippen LogP contribution in [0.4, 0.5) is 0 Å². The van der Waals surface area contributed by atoms with Gasteiger partial charge in [0.2, 0.25) is 0 Å². The first-order valence-electron chi connectivity index (χ1n) is 11.5. The van der Waals surface area contributed by atoms with Gasteiger partial charge < -0.3 is 4.57 Å². The Kier molecular flexibility index (Phi) is 6.59. The molecule has 1 N–H and O–H groups in total.